The second-order valence-corrected chi connectivity index (χ2v) is 6.69. The maximum atomic E-state index is 10.9. The zero-order valence-electron chi connectivity index (χ0n) is 15.2. The number of hydrogen-bond donors (Lipinski definition) is 0. The van der Waals surface area contributed by atoms with Gasteiger partial charge in [0.2, 0.25) is 0 Å². The number of rotatable bonds is 10. The van der Waals surface area contributed by atoms with E-state index in [9.17, 15) is 19.8 Å². The Morgan fingerprint density at radius 1 is 0.955 bits per heavy atom. The zero-order valence-corrected chi connectivity index (χ0v) is 18.4. The number of unbranched alkanes of at least 4 members (excludes halogenated alkanes) is 4. The van der Waals surface area contributed by atoms with E-state index >= 15 is 0 Å². The molecule has 0 aliphatic heterocycles. The van der Waals surface area contributed by atoms with Gasteiger partial charge in [-0.3, -0.25) is 0 Å². The molecular weight excluding hydrogens is 302 g/mol. The van der Waals surface area contributed by atoms with E-state index in [0.29, 0.717) is 0 Å². The molecule has 0 aliphatic rings. The van der Waals surface area contributed by atoms with Crippen molar-refractivity contribution in [2.45, 2.75) is 72.6 Å². The van der Waals surface area contributed by atoms with Gasteiger partial charge in [0, 0.05) is 5.92 Å². The Hall–Kier alpha value is 1.17. The molecule has 0 fully saturated rings. The van der Waals surface area contributed by atoms with Crippen LogP contribution in [0.2, 0.25) is 0 Å². The summed E-state index contributed by atoms with van der Waals surface area (Å²) in [5.41, 5.74) is -0.117. The zero-order chi connectivity index (χ0) is 15.8. The standard InChI is InChI=1S/C16H30O4.K.Li/c1-5-6-7-8-9-10-12(16(2,3)4)11-13(14(17)18)15(19)20;;/h12-13H,5-11H2,1-4H3,(H,17,18)(H,19,20);;/q;2*+1/p-2. The maximum absolute atomic E-state index is 10.9. The van der Waals surface area contributed by atoms with Crippen LogP contribution < -0.4 is 80.5 Å². The van der Waals surface area contributed by atoms with Gasteiger partial charge in [-0.15, -0.1) is 0 Å². The predicted molar refractivity (Wildman–Crippen MR) is 74.4 cm³/mol. The van der Waals surface area contributed by atoms with Crippen molar-refractivity contribution in [3.05, 3.63) is 0 Å². The van der Waals surface area contributed by atoms with Crippen LogP contribution in [0.4, 0.5) is 0 Å². The fraction of sp³-hybridized carbons (Fsp3) is 0.875. The largest absolute Gasteiger partial charge is 1.00 e. The average Bonchev–Trinajstić information content (AvgIpc) is 2.29. The first-order valence-electron chi connectivity index (χ1n) is 7.61. The molecule has 1 atom stereocenters. The number of carboxylic acid groups (broad SMARTS) is 2. The normalized spacial score (nSPS) is 12.2. The topological polar surface area (TPSA) is 80.3 Å². The molecule has 0 saturated carbocycles. The summed E-state index contributed by atoms with van der Waals surface area (Å²) in [6.45, 7) is 8.21. The molecule has 4 nitrogen and oxygen atoms in total. The minimum Gasteiger partial charge on any atom is -0.549 e. The van der Waals surface area contributed by atoms with Crippen molar-refractivity contribution < 1.29 is 90.0 Å². The van der Waals surface area contributed by atoms with Crippen LogP contribution in [-0.4, -0.2) is 11.9 Å². The van der Waals surface area contributed by atoms with Crippen LogP contribution in [0.3, 0.4) is 0 Å². The molecule has 0 amide bonds. The van der Waals surface area contributed by atoms with Gasteiger partial charge in [-0.1, -0.05) is 59.8 Å². The number of carbonyl (C=O) groups is 2. The summed E-state index contributed by atoms with van der Waals surface area (Å²) in [7, 11) is 0. The van der Waals surface area contributed by atoms with Gasteiger partial charge >= 0.3 is 70.2 Å². The van der Waals surface area contributed by atoms with E-state index < -0.39 is 17.9 Å². The van der Waals surface area contributed by atoms with Crippen molar-refractivity contribution in [2.24, 2.45) is 17.3 Å². The van der Waals surface area contributed by atoms with Gasteiger partial charge in [0.15, 0.2) is 0 Å². The summed E-state index contributed by atoms with van der Waals surface area (Å²) >= 11 is 0. The molecule has 0 radical (unpaired) electrons. The third-order valence-corrected chi connectivity index (χ3v) is 3.97. The SMILES string of the molecule is CCCCCCCC(CC(C(=O)[O-])C(=O)[O-])C(C)(C)C.[K+].[Li+]. The number of aliphatic carboxylic acids is 2. The third-order valence-electron chi connectivity index (χ3n) is 3.97. The molecule has 0 aromatic rings. The summed E-state index contributed by atoms with van der Waals surface area (Å²) in [4.78, 5) is 21.8. The van der Waals surface area contributed by atoms with Crippen LogP contribution in [0.5, 0.6) is 0 Å². The van der Waals surface area contributed by atoms with Crippen molar-refractivity contribution in [1.82, 2.24) is 0 Å². The van der Waals surface area contributed by atoms with E-state index in [1.165, 1.54) is 19.3 Å². The number of carboxylic acids is 2. The minimum absolute atomic E-state index is 0. The van der Waals surface area contributed by atoms with Gasteiger partial charge < -0.3 is 19.8 Å². The summed E-state index contributed by atoms with van der Waals surface area (Å²) < 4.78 is 0. The number of hydrogen-bond acceptors (Lipinski definition) is 4. The van der Waals surface area contributed by atoms with Crippen LogP contribution in [0.1, 0.15) is 72.6 Å². The molecule has 0 spiro atoms. The molecule has 0 aromatic heterocycles. The van der Waals surface area contributed by atoms with Crippen LogP contribution in [0, 0.1) is 17.3 Å². The predicted octanol–water partition coefficient (Wildman–Crippen LogP) is -4.48. The molecule has 22 heavy (non-hydrogen) atoms. The van der Waals surface area contributed by atoms with E-state index in [0.717, 1.165) is 19.3 Å². The third kappa shape index (κ3) is 12.6. The van der Waals surface area contributed by atoms with Gasteiger partial charge in [-0.05, 0) is 24.2 Å². The summed E-state index contributed by atoms with van der Waals surface area (Å²) in [5, 5.41) is 21.8. The maximum Gasteiger partial charge on any atom is 1.00 e. The molecule has 1 unspecified atom stereocenters. The molecular formula is C16H28KLiO4. The van der Waals surface area contributed by atoms with Gasteiger partial charge in [-0.25, -0.2) is 0 Å². The van der Waals surface area contributed by atoms with Crippen molar-refractivity contribution in [3.63, 3.8) is 0 Å². The second kappa shape index (κ2) is 14.5. The van der Waals surface area contributed by atoms with E-state index in [2.05, 4.69) is 6.92 Å². The van der Waals surface area contributed by atoms with Gasteiger partial charge in [0.1, 0.15) is 0 Å². The second-order valence-electron chi connectivity index (χ2n) is 6.69. The Balaban J connectivity index is -0.00000180. The van der Waals surface area contributed by atoms with Gasteiger partial charge in [0.25, 0.3) is 0 Å². The Labute approximate surface area is 189 Å². The van der Waals surface area contributed by atoms with E-state index in [1.807, 2.05) is 20.8 Å². The quantitative estimate of drug-likeness (QED) is 0.230. The van der Waals surface area contributed by atoms with Crippen molar-refractivity contribution >= 4 is 11.9 Å². The molecule has 0 rings (SSSR count). The van der Waals surface area contributed by atoms with E-state index in [1.54, 1.807) is 0 Å². The van der Waals surface area contributed by atoms with Gasteiger partial charge in [0.05, 0.1) is 11.9 Å². The van der Waals surface area contributed by atoms with Crippen LogP contribution >= 0.6 is 0 Å². The van der Waals surface area contributed by atoms with Crippen molar-refractivity contribution in [1.29, 1.82) is 0 Å². The molecule has 0 aromatic carbocycles. The fourth-order valence-electron chi connectivity index (χ4n) is 2.47. The molecule has 0 N–H and O–H groups in total. The van der Waals surface area contributed by atoms with Crippen molar-refractivity contribution in [3.8, 4) is 0 Å². The molecule has 0 saturated heterocycles. The van der Waals surface area contributed by atoms with Crippen LogP contribution in [-0.2, 0) is 9.59 Å². The molecule has 6 heteroatoms. The Kier molecular flexibility index (Phi) is 18.5. The molecule has 0 heterocycles. The molecule has 0 bridgehead atoms. The first kappa shape index (κ1) is 28.0. The fourth-order valence-corrected chi connectivity index (χ4v) is 2.47. The summed E-state index contributed by atoms with van der Waals surface area (Å²) in [5.74, 6) is -4.53. The van der Waals surface area contributed by atoms with Crippen LogP contribution in [0.15, 0.2) is 0 Å². The minimum atomic E-state index is -1.54. The first-order chi connectivity index (χ1) is 9.20. The van der Waals surface area contributed by atoms with E-state index in [4.69, 9.17) is 0 Å². The average molecular weight is 330 g/mol. The Morgan fingerprint density at radius 2 is 1.41 bits per heavy atom. The van der Waals surface area contributed by atoms with E-state index in [-0.39, 0.29) is 88.0 Å². The summed E-state index contributed by atoms with van der Waals surface area (Å²) in [6.07, 6.45) is 6.64. The smallest absolute Gasteiger partial charge is 0.549 e. The monoisotopic (exact) mass is 330 g/mol. The molecule has 118 valence electrons. The summed E-state index contributed by atoms with van der Waals surface area (Å²) in [6, 6.07) is 0. The Morgan fingerprint density at radius 3 is 1.77 bits per heavy atom. The first-order valence-corrected chi connectivity index (χ1v) is 7.61. The van der Waals surface area contributed by atoms with Gasteiger partial charge in [-0.2, -0.15) is 0 Å². The Bertz CT molecular complexity index is 302. The van der Waals surface area contributed by atoms with Crippen LogP contribution in [0.25, 0.3) is 0 Å². The number of carbonyl (C=O) groups excluding carboxylic acids is 2. The molecule has 0 aliphatic carbocycles. The van der Waals surface area contributed by atoms with Crippen molar-refractivity contribution in [2.75, 3.05) is 0 Å².